The van der Waals surface area contributed by atoms with Crippen LogP contribution in [0.3, 0.4) is 0 Å². The van der Waals surface area contributed by atoms with Crippen LogP contribution in [0.2, 0.25) is 0 Å². The van der Waals surface area contributed by atoms with Gasteiger partial charge < -0.3 is 26.2 Å². The van der Waals surface area contributed by atoms with Gasteiger partial charge in [-0.3, -0.25) is 19.2 Å². The van der Waals surface area contributed by atoms with E-state index in [0.29, 0.717) is 6.54 Å². The highest BCUT2D eigenvalue weighted by Crippen LogP contribution is 2.00. The molecule has 9 nitrogen and oxygen atoms in total. The summed E-state index contributed by atoms with van der Waals surface area (Å²) in [5, 5.41) is 24.9. The summed E-state index contributed by atoms with van der Waals surface area (Å²) >= 11 is 3.93. The highest BCUT2D eigenvalue weighted by Gasteiger charge is 2.22. The lowest BCUT2D eigenvalue weighted by atomic mass is 10.1. The van der Waals surface area contributed by atoms with Crippen molar-refractivity contribution < 1.29 is 29.4 Å². The molecule has 0 aromatic heterocycles. The third-order valence-corrected chi connectivity index (χ3v) is 3.21. The van der Waals surface area contributed by atoms with E-state index in [1.54, 1.807) is 0 Å². The molecule has 2 atom stereocenters. The number of hydrogen-bond acceptors (Lipinski definition) is 6. The fourth-order valence-corrected chi connectivity index (χ4v) is 1.91. The van der Waals surface area contributed by atoms with Crippen molar-refractivity contribution in [3.8, 4) is 0 Å². The third kappa shape index (κ3) is 9.74. The monoisotopic (exact) mass is 349 g/mol. The minimum atomic E-state index is -1.20. The van der Waals surface area contributed by atoms with Crippen molar-refractivity contribution >= 4 is 36.4 Å². The molecule has 2 amide bonds. The van der Waals surface area contributed by atoms with Crippen LogP contribution in [-0.2, 0) is 19.2 Å². The van der Waals surface area contributed by atoms with Crippen LogP contribution >= 0.6 is 12.6 Å². The van der Waals surface area contributed by atoms with Crippen LogP contribution in [0, 0.1) is 0 Å². The largest absolute Gasteiger partial charge is 0.480 e. The van der Waals surface area contributed by atoms with E-state index in [0.717, 1.165) is 6.42 Å². The van der Waals surface area contributed by atoms with Gasteiger partial charge in [0.05, 0.1) is 0 Å². The molecule has 5 N–H and O–H groups in total. The van der Waals surface area contributed by atoms with E-state index >= 15 is 0 Å². The molecule has 0 fully saturated rings. The number of nitrogens with one attached hydrogen (secondary N) is 3. The molecule has 10 heteroatoms. The predicted molar refractivity (Wildman–Crippen MR) is 85.4 cm³/mol. The normalized spacial score (nSPS) is 13.0. The molecule has 0 aliphatic carbocycles. The molecule has 0 unspecified atom stereocenters. The molecule has 0 spiro atoms. The summed E-state index contributed by atoms with van der Waals surface area (Å²) in [6.45, 7) is 1.86. The Morgan fingerprint density at radius 3 is 2.26 bits per heavy atom. The Balaban J connectivity index is 4.34. The van der Waals surface area contributed by atoms with Crippen LogP contribution in [0.1, 0.15) is 26.2 Å². The van der Waals surface area contributed by atoms with Crippen molar-refractivity contribution in [3.05, 3.63) is 0 Å². The summed E-state index contributed by atoms with van der Waals surface area (Å²) in [5.74, 6) is -3.41. The molecule has 0 heterocycles. The van der Waals surface area contributed by atoms with Crippen LogP contribution in [0.15, 0.2) is 0 Å². The quantitative estimate of drug-likeness (QED) is 0.244. The van der Waals surface area contributed by atoms with E-state index < -0.39 is 42.4 Å². The number of aliphatic carboxylic acids is 2. The van der Waals surface area contributed by atoms with Crippen LogP contribution in [0.5, 0.6) is 0 Å². The highest BCUT2D eigenvalue weighted by atomic mass is 32.1. The van der Waals surface area contributed by atoms with E-state index in [1.807, 2.05) is 6.92 Å². The molecule has 0 aromatic carbocycles. The molecular weight excluding hydrogens is 326 g/mol. The Morgan fingerprint density at radius 1 is 1.13 bits per heavy atom. The summed E-state index contributed by atoms with van der Waals surface area (Å²) in [7, 11) is 0. The zero-order valence-electron chi connectivity index (χ0n) is 12.9. The minimum absolute atomic E-state index is 0.00631. The maximum absolute atomic E-state index is 11.8. The summed E-state index contributed by atoms with van der Waals surface area (Å²) in [6, 6.07) is -1.81. The van der Waals surface area contributed by atoms with Gasteiger partial charge in [-0.15, -0.1) is 0 Å². The van der Waals surface area contributed by atoms with Gasteiger partial charge in [-0.1, -0.05) is 6.92 Å². The summed E-state index contributed by atoms with van der Waals surface area (Å²) in [6.07, 6.45) is 0.767. The number of thiol groups is 1. The van der Waals surface area contributed by atoms with Crippen molar-refractivity contribution in [1.29, 1.82) is 0 Å². The second-order valence-electron chi connectivity index (χ2n) is 4.80. The van der Waals surface area contributed by atoms with Crippen LogP contribution in [0.4, 0.5) is 0 Å². The van der Waals surface area contributed by atoms with E-state index in [9.17, 15) is 19.2 Å². The van der Waals surface area contributed by atoms with Gasteiger partial charge in [-0.25, -0.2) is 0 Å². The second-order valence-corrected chi connectivity index (χ2v) is 5.16. The molecule has 0 bridgehead atoms. The minimum Gasteiger partial charge on any atom is -0.480 e. The molecule has 0 aliphatic heterocycles. The lowest BCUT2D eigenvalue weighted by Crippen LogP contribution is -2.49. The number of amides is 2. The number of carbonyl (C=O) groups excluding carboxylic acids is 2. The lowest BCUT2D eigenvalue weighted by molar-refractivity contribution is -0.140. The van der Waals surface area contributed by atoms with E-state index in [-0.39, 0.29) is 18.6 Å². The molecular formula is C13H23N3O6S. The first-order chi connectivity index (χ1) is 10.8. The van der Waals surface area contributed by atoms with E-state index in [2.05, 4.69) is 28.6 Å². The van der Waals surface area contributed by atoms with Crippen molar-refractivity contribution in [2.75, 3.05) is 18.8 Å². The first-order valence-corrected chi connectivity index (χ1v) is 7.80. The molecule has 132 valence electrons. The van der Waals surface area contributed by atoms with Crippen molar-refractivity contribution in [1.82, 2.24) is 16.0 Å². The molecule has 0 aromatic rings. The summed E-state index contributed by atoms with van der Waals surface area (Å²) in [5.41, 5.74) is 0. The topological polar surface area (TPSA) is 145 Å². The first kappa shape index (κ1) is 21.2. The van der Waals surface area contributed by atoms with E-state index in [4.69, 9.17) is 10.2 Å². The van der Waals surface area contributed by atoms with Gasteiger partial charge in [0, 0.05) is 12.2 Å². The molecule has 0 saturated heterocycles. The number of carboxylic acid groups (broad SMARTS) is 2. The Bertz CT molecular complexity index is 432. The lowest BCUT2D eigenvalue weighted by Gasteiger charge is -2.17. The van der Waals surface area contributed by atoms with Gasteiger partial charge >= 0.3 is 11.9 Å². The second kappa shape index (κ2) is 11.7. The average molecular weight is 349 g/mol. The Labute approximate surface area is 139 Å². The standard InChI is InChI=1S/C13H23N3O6S/c1-2-5-14-8(13(21)22)3-4-10(17)16-9(7-23)12(20)15-6-11(18)19/h8-9,14,23H,2-7H2,1H3,(H,15,20)(H,16,17)(H,18,19)(H,21,22)/t8-,9-/m0/s1. The van der Waals surface area contributed by atoms with Crippen molar-refractivity contribution in [2.24, 2.45) is 0 Å². The van der Waals surface area contributed by atoms with Gasteiger partial charge in [-0.05, 0) is 19.4 Å². The smallest absolute Gasteiger partial charge is 0.322 e. The Morgan fingerprint density at radius 2 is 1.78 bits per heavy atom. The van der Waals surface area contributed by atoms with Gasteiger partial charge in [0.25, 0.3) is 0 Å². The maximum atomic E-state index is 11.8. The number of hydrogen-bond donors (Lipinski definition) is 6. The Hall–Kier alpha value is -1.81. The van der Waals surface area contributed by atoms with Gasteiger partial charge in [0.1, 0.15) is 18.6 Å². The highest BCUT2D eigenvalue weighted by molar-refractivity contribution is 7.80. The van der Waals surface area contributed by atoms with Crippen LogP contribution < -0.4 is 16.0 Å². The van der Waals surface area contributed by atoms with Gasteiger partial charge in [-0.2, -0.15) is 12.6 Å². The van der Waals surface area contributed by atoms with Gasteiger partial charge in [0.2, 0.25) is 11.8 Å². The maximum Gasteiger partial charge on any atom is 0.322 e. The summed E-state index contributed by atoms with van der Waals surface area (Å²) < 4.78 is 0. The number of carboxylic acids is 2. The zero-order valence-corrected chi connectivity index (χ0v) is 13.8. The molecule has 23 heavy (non-hydrogen) atoms. The fourth-order valence-electron chi connectivity index (χ4n) is 1.65. The fraction of sp³-hybridized carbons (Fsp3) is 0.692. The van der Waals surface area contributed by atoms with Gasteiger partial charge in [0.15, 0.2) is 0 Å². The third-order valence-electron chi connectivity index (χ3n) is 2.85. The van der Waals surface area contributed by atoms with E-state index in [1.165, 1.54) is 0 Å². The SMILES string of the molecule is CCCN[C@@H](CCC(=O)N[C@@H](CS)C(=O)NCC(=O)O)C(=O)O. The molecule has 0 rings (SSSR count). The predicted octanol–water partition coefficient (Wildman–Crippen LogP) is -1.17. The number of carbonyl (C=O) groups is 4. The molecule has 0 radical (unpaired) electrons. The Kier molecular flexibility index (Phi) is 10.8. The number of rotatable bonds is 12. The average Bonchev–Trinajstić information content (AvgIpc) is 2.49. The first-order valence-electron chi connectivity index (χ1n) is 7.17. The summed E-state index contributed by atoms with van der Waals surface area (Å²) in [4.78, 5) is 44.9. The zero-order chi connectivity index (χ0) is 17.8. The molecule has 0 aliphatic rings. The molecule has 0 saturated carbocycles. The van der Waals surface area contributed by atoms with Crippen LogP contribution in [0.25, 0.3) is 0 Å². The van der Waals surface area contributed by atoms with Crippen LogP contribution in [-0.4, -0.2) is 64.9 Å². The van der Waals surface area contributed by atoms with Crippen molar-refractivity contribution in [2.45, 2.75) is 38.3 Å². The van der Waals surface area contributed by atoms with Crippen molar-refractivity contribution in [3.63, 3.8) is 0 Å².